The van der Waals surface area contributed by atoms with Crippen molar-refractivity contribution in [1.82, 2.24) is 0 Å². The van der Waals surface area contributed by atoms with Crippen molar-refractivity contribution in [2.75, 3.05) is 30.4 Å². The number of ether oxygens (including phenoxy) is 2. The van der Waals surface area contributed by atoms with Crippen LogP contribution >= 0.6 is 0 Å². The van der Waals surface area contributed by atoms with Crippen LogP contribution in [-0.4, -0.2) is 52.0 Å². The van der Waals surface area contributed by atoms with Gasteiger partial charge in [-0.3, -0.25) is 19.2 Å². The quantitative estimate of drug-likeness (QED) is 0.250. The van der Waals surface area contributed by atoms with E-state index in [-0.39, 0.29) is 33.1 Å². The average Bonchev–Trinajstić information content (AvgIpc) is 2.91. The number of anilines is 2. The molecule has 0 saturated carbocycles. The fraction of sp³-hybridized carbons (Fsp3) is 0.125. The van der Waals surface area contributed by atoms with E-state index >= 15 is 0 Å². The summed E-state index contributed by atoms with van der Waals surface area (Å²) in [7, 11) is -2.01. The molecule has 1 amide bonds. The lowest BCUT2D eigenvalue weighted by molar-refractivity contribution is -0.384. The van der Waals surface area contributed by atoms with Crippen LogP contribution in [0.3, 0.4) is 0 Å². The highest BCUT2D eigenvalue weighted by Gasteiger charge is 2.28. The largest absolute Gasteiger partial charge is 0.465 e. The van der Waals surface area contributed by atoms with E-state index in [0.29, 0.717) is 0 Å². The lowest BCUT2D eigenvalue weighted by atomic mass is 10.1. The molecule has 13 heteroatoms. The monoisotopic (exact) mass is 527 g/mol. The Balaban J connectivity index is 2.01. The summed E-state index contributed by atoms with van der Waals surface area (Å²) in [5, 5.41) is 13.5. The van der Waals surface area contributed by atoms with Crippen LogP contribution in [0, 0.1) is 10.1 Å². The lowest BCUT2D eigenvalue weighted by Gasteiger charge is -2.24. The van der Waals surface area contributed by atoms with Crippen molar-refractivity contribution >= 4 is 44.9 Å². The zero-order chi connectivity index (χ0) is 27.2. The molecule has 0 aliphatic heterocycles. The molecular weight excluding hydrogens is 506 g/mol. The highest BCUT2D eigenvalue weighted by Crippen LogP contribution is 2.26. The van der Waals surface area contributed by atoms with Crippen LogP contribution < -0.4 is 9.62 Å². The number of benzene rings is 3. The Labute approximate surface area is 211 Å². The number of non-ortho nitro benzene ring substituents is 1. The van der Waals surface area contributed by atoms with Crippen LogP contribution in [0.5, 0.6) is 0 Å². The number of carbonyl (C=O) groups excluding carboxylic acids is 3. The van der Waals surface area contributed by atoms with Crippen molar-refractivity contribution < 1.29 is 37.2 Å². The number of methoxy groups -OCH3 is 2. The van der Waals surface area contributed by atoms with Crippen molar-refractivity contribution in [3.63, 3.8) is 0 Å². The predicted molar refractivity (Wildman–Crippen MR) is 132 cm³/mol. The number of rotatable bonds is 9. The third-order valence-electron chi connectivity index (χ3n) is 5.09. The van der Waals surface area contributed by atoms with E-state index in [1.165, 1.54) is 54.6 Å². The minimum atomic E-state index is -4.29. The number of hydrogen-bond acceptors (Lipinski definition) is 9. The number of nitro benzene ring substituents is 1. The highest BCUT2D eigenvalue weighted by atomic mass is 32.2. The van der Waals surface area contributed by atoms with E-state index < -0.39 is 39.3 Å². The Kier molecular flexibility index (Phi) is 8.19. The molecule has 0 aromatic heterocycles. The minimum Gasteiger partial charge on any atom is -0.465 e. The van der Waals surface area contributed by atoms with Crippen molar-refractivity contribution in [2.45, 2.75) is 4.90 Å². The van der Waals surface area contributed by atoms with Crippen LogP contribution in [0.2, 0.25) is 0 Å². The summed E-state index contributed by atoms with van der Waals surface area (Å²) in [6.07, 6.45) is 0. The van der Waals surface area contributed by atoms with Gasteiger partial charge in [-0.05, 0) is 42.5 Å². The van der Waals surface area contributed by atoms with E-state index in [1.54, 1.807) is 6.07 Å². The van der Waals surface area contributed by atoms with Crippen LogP contribution in [0.4, 0.5) is 17.1 Å². The summed E-state index contributed by atoms with van der Waals surface area (Å²) in [5.41, 5.74) is -0.458. The maximum absolute atomic E-state index is 13.4. The molecule has 0 aliphatic rings. The summed E-state index contributed by atoms with van der Waals surface area (Å²) in [5.74, 6) is -2.41. The molecule has 0 fully saturated rings. The number of hydrogen-bond donors (Lipinski definition) is 1. The number of nitrogens with zero attached hydrogens (tertiary/aromatic N) is 2. The van der Waals surface area contributed by atoms with Crippen LogP contribution in [0.25, 0.3) is 0 Å². The standard InChI is InChI=1S/C24H21N3O9S/c1-35-23(29)16-8-13-20(24(30)36-2)21(14-16)25-22(28)15-26(17-9-11-18(12-10-17)27(31)32)37(33,34)19-6-4-3-5-7-19/h3-14H,15H2,1-2H3,(H,25,28). The molecule has 3 rings (SSSR count). The Bertz CT molecular complexity index is 1440. The Morgan fingerprint density at radius 3 is 2.11 bits per heavy atom. The van der Waals surface area contributed by atoms with Gasteiger partial charge in [0, 0.05) is 12.1 Å². The van der Waals surface area contributed by atoms with Crippen LogP contribution in [0.15, 0.2) is 77.7 Å². The molecule has 0 bridgehead atoms. The average molecular weight is 528 g/mol. The molecule has 0 atom stereocenters. The van der Waals surface area contributed by atoms with Gasteiger partial charge in [0.1, 0.15) is 6.54 Å². The van der Waals surface area contributed by atoms with Gasteiger partial charge in [-0.25, -0.2) is 18.0 Å². The third kappa shape index (κ3) is 6.08. The number of amides is 1. The molecule has 1 N–H and O–H groups in total. The summed E-state index contributed by atoms with van der Waals surface area (Å²) in [6.45, 7) is -0.766. The molecule has 0 saturated heterocycles. The lowest BCUT2D eigenvalue weighted by Crippen LogP contribution is -2.38. The Morgan fingerprint density at radius 2 is 1.54 bits per heavy atom. The fourth-order valence-corrected chi connectivity index (χ4v) is 4.72. The molecule has 0 spiro atoms. The highest BCUT2D eigenvalue weighted by molar-refractivity contribution is 7.92. The molecule has 37 heavy (non-hydrogen) atoms. The minimum absolute atomic E-state index is 0.0129. The normalized spacial score (nSPS) is 10.8. The van der Waals surface area contributed by atoms with Gasteiger partial charge in [0.15, 0.2) is 0 Å². The zero-order valence-corrected chi connectivity index (χ0v) is 20.4. The smallest absolute Gasteiger partial charge is 0.339 e. The van der Waals surface area contributed by atoms with E-state index in [0.717, 1.165) is 30.7 Å². The third-order valence-corrected chi connectivity index (χ3v) is 6.88. The van der Waals surface area contributed by atoms with E-state index in [9.17, 15) is 32.9 Å². The van der Waals surface area contributed by atoms with Gasteiger partial charge in [0.25, 0.3) is 15.7 Å². The molecule has 192 valence electrons. The summed E-state index contributed by atoms with van der Waals surface area (Å²) < 4.78 is 37.0. The molecule has 12 nitrogen and oxygen atoms in total. The van der Waals surface area contributed by atoms with Gasteiger partial charge in [0.2, 0.25) is 5.91 Å². The Hall–Kier alpha value is -4.78. The number of esters is 2. The second-order valence-electron chi connectivity index (χ2n) is 7.39. The van der Waals surface area contributed by atoms with Gasteiger partial charge in [-0.2, -0.15) is 0 Å². The first kappa shape index (κ1) is 26.8. The number of nitro groups is 1. The van der Waals surface area contributed by atoms with Crippen LogP contribution in [0.1, 0.15) is 20.7 Å². The van der Waals surface area contributed by atoms with Crippen molar-refractivity contribution in [3.8, 4) is 0 Å². The number of sulfonamides is 1. The summed E-state index contributed by atoms with van der Waals surface area (Å²) in [6, 6.07) is 15.6. The molecule has 0 heterocycles. The second-order valence-corrected chi connectivity index (χ2v) is 9.25. The van der Waals surface area contributed by atoms with Gasteiger partial charge < -0.3 is 14.8 Å². The molecule has 3 aromatic rings. The summed E-state index contributed by atoms with van der Waals surface area (Å²) in [4.78, 5) is 47.5. The molecule has 0 radical (unpaired) electrons. The molecule has 0 unspecified atom stereocenters. The van der Waals surface area contributed by atoms with Crippen molar-refractivity contribution in [1.29, 1.82) is 0 Å². The van der Waals surface area contributed by atoms with E-state index in [2.05, 4.69) is 10.1 Å². The van der Waals surface area contributed by atoms with Crippen molar-refractivity contribution in [2.24, 2.45) is 0 Å². The van der Waals surface area contributed by atoms with E-state index in [4.69, 9.17) is 4.74 Å². The van der Waals surface area contributed by atoms with Crippen LogP contribution in [-0.2, 0) is 24.3 Å². The van der Waals surface area contributed by atoms with Crippen molar-refractivity contribution in [3.05, 3.63) is 94.0 Å². The predicted octanol–water partition coefficient (Wildman–Crippen LogP) is 3.00. The fourth-order valence-electron chi connectivity index (χ4n) is 3.28. The molecular formula is C24H21N3O9S. The first-order chi connectivity index (χ1) is 17.6. The SMILES string of the molecule is COC(=O)c1ccc(C(=O)OC)c(NC(=O)CN(c2ccc([N+](=O)[O-])cc2)S(=O)(=O)c2ccccc2)c1. The van der Waals surface area contributed by atoms with Gasteiger partial charge in [-0.15, -0.1) is 0 Å². The molecule has 0 aliphatic carbocycles. The first-order valence-electron chi connectivity index (χ1n) is 10.5. The van der Waals surface area contributed by atoms with Gasteiger partial charge in [0.05, 0.1) is 46.5 Å². The summed E-state index contributed by atoms with van der Waals surface area (Å²) >= 11 is 0. The Morgan fingerprint density at radius 1 is 0.919 bits per heavy atom. The van der Waals surface area contributed by atoms with Gasteiger partial charge in [-0.1, -0.05) is 18.2 Å². The van der Waals surface area contributed by atoms with E-state index in [1.807, 2.05) is 0 Å². The maximum atomic E-state index is 13.4. The second kappa shape index (κ2) is 11.3. The first-order valence-corrected chi connectivity index (χ1v) is 11.9. The zero-order valence-electron chi connectivity index (χ0n) is 19.6. The molecule has 3 aromatic carbocycles. The number of nitrogens with one attached hydrogen (secondary N) is 1. The topological polar surface area (TPSA) is 162 Å². The maximum Gasteiger partial charge on any atom is 0.339 e. The number of carbonyl (C=O) groups is 3. The van der Waals surface area contributed by atoms with Gasteiger partial charge >= 0.3 is 11.9 Å².